The number of hydrogen-bond acceptors (Lipinski definition) is 6. The Morgan fingerprint density at radius 3 is 2.19 bits per heavy atom. The summed E-state index contributed by atoms with van der Waals surface area (Å²) < 4.78 is 16.9. The van der Waals surface area contributed by atoms with Gasteiger partial charge in [-0.3, -0.25) is 0 Å². The molecular formula is C15H31NO5. The molecule has 0 saturated heterocycles. The zero-order chi connectivity index (χ0) is 15.9. The number of rotatable bonds is 14. The molecule has 0 aromatic rings. The molecule has 0 heterocycles. The van der Waals surface area contributed by atoms with Crippen LogP contribution in [0.15, 0.2) is 5.16 Å². The van der Waals surface area contributed by atoms with E-state index >= 15 is 0 Å². The summed E-state index contributed by atoms with van der Waals surface area (Å²) in [7, 11) is 1.47. The molecule has 0 amide bonds. The summed E-state index contributed by atoms with van der Waals surface area (Å²) >= 11 is 0. The highest BCUT2D eigenvalue weighted by Crippen LogP contribution is 2.11. The van der Waals surface area contributed by atoms with Crippen LogP contribution >= 0.6 is 0 Å². The van der Waals surface area contributed by atoms with Gasteiger partial charge in [0.2, 0.25) is 0 Å². The van der Waals surface area contributed by atoms with Crippen LogP contribution in [0.4, 0.5) is 0 Å². The van der Waals surface area contributed by atoms with Crippen LogP contribution in [0.3, 0.4) is 0 Å². The van der Waals surface area contributed by atoms with Gasteiger partial charge >= 0.3 is 0 Å². The minimum atomic E-state index is -0.770. The van der Waals surface area contributed by atoms with Gasteiger partial charge in [-0.15, -0.1) is 0 Å². The van der Waals surface area contributed by atoms with Crippen LogP contribution in [-0.4, -0.2) is 63.2 Å². The second-order valence-electron chi connectivity index (χ2n) is 4.75. The van der Waals surface area contributed by atoms with Gasteiger partial charge < -0.3 is 24.2 Å². The van der Waals surface area contributed by atoms with Gasteiger partial charge in [0.1, 0.15) is 25.4 Å². The molecule has 6 heteroatoms. The molecule has 0 aliphatic heterocycles. The topological polar surface area (TPSA) is 69.5 Å². The first-order valence-corrected chi connectivity index (χ1v) is 7.76. The number of hydrogen-bond donors (Lipinski definition) is 1. The first kappa shape index (κ1) is 20.3. The van der Waals surface area contributed by atoms with E-state index in [1.165, 1.54) is 13.3 Å². The van der Waals surface area contributed by atoms with Crippen LogP contribution in [0.5, 0.6) is 0 Å². The number of nitrogens with zero attached hydrogens (tertiary/aromatic N) is 1. The average Bonchev–Trinajstić information content (AvgIpc) is 2.49. The molecule has 0 aromatic carbocycles. The summed E-state index contributed by atoms with van der Waals surface area (Å²) in [5.74, 6) is 0. The summed E-state index contributed by atoms with van der Waals surface area (Å²) in [6.45, 7) is 8.00. The highest BCUT2D eigenvalue weighted by molar-refractivity contribution is 5.63. The molecule has 21 heavy (non-hydrogen) atoms. The third kappa shape index (κ3) is 9.79. The van der Waals surface area contributed by atoms with Crippen molar-refractivity contribution in [2.45, 2.75) is 58.3 Å². The van der Waals surface area contributed by atoms with Gasteiger partial charge in [0.15, 0.2) is 0 Å². The predicted molar refractivity (Wildman–Crippen MR) is 82.7 cm³/mol. The molecule has 126 valence electrons. The van der Waals surface area contributed by atoms with Gasteiger partial charge in [0.05, 0.1) is 12.8 Å². The van der Waals surface area contributed by atoms with E-state index in [0.29, 0.717) is 19.8 Å². The molecule has 0 saturated carbocycles. The molecule has 3 atom stereocenters. The van der Waals surface area contributed by atoms with Crippen LogP contribution in [0, 0.1) is 0 Å². The molecule has 6 nitrogen and oxygen atoms in total. The molecule has 0 aliphatic rings. The minimum Gasteiger partial charge on any atom is -0.399 e. The molecule has 0 bridgehead atoms. The number of ether oxygens (including phenoxy) is 3. The van der Waals surface area contributed by atoms with Gasteiger partial charge in [0.25, 0.3) is 0 Å². The largest absolute Gasteiger partial charge is 0.399 e. The maximum atomic E-state index is 10.3. The Morgan fingerprint density at radius 1 is 1.00 bits per heavy atom. The Hall–Kier alpha value is -0.690. The first-order valence-electron chi connectivity index (χ1n) is 7.76. The number of aliphatic hydroxyl groups excluding tert-OH is 1. The van der Waals surface area contributed by atoms with Crippen LogP contribution < -0.4 is 0 Å². The Balaban J connectivity index is 4.70. The van der Waals surface area contributed by atoms with Crippen molar-refractivity contribution in [3.05, 3.63) is 0 Å². The molecule has 0 spiro atoms. The molecule has 1 N–H and O–H groups in total. The molecule has 0 fully saturated rings. The van der Waals surface area contributed by atoms with Crippen LogP contribution in [-0.2, 0) is 19.0 Å². The van der Waals surface area contributed by atoms with Gasteiger partial charge in [-0.05, 0) is 19.3 Å². The van der Waals surface area contributed by atoms with Gasteiger partial charge in [-0.25, -0.2) is 0 Å². The van der Waals surface area contributed by atoms with Gasteiger partial charge in [-0.2, -0.15) is 0 Å². The van der Waals surface area contributed by atoms with Crippen molar-refractivity contribution in [3.63, 3.8) is 0 Å². The Bertz CT molecular complexity index is 250. The lowest BCUT2D eigenvalue weighted by Crippen LogP contribution is -2.45. The average molecular weight is 305 g/mol. The Morgan fingerprint density at radius 2 is 1.62 bits per heavy atom. The van der Waals surface area contributed by atoms with Crippen molar-refractivity contribution in [1.29, 1.82) is 0 Å². The summed E-state index contributed by atoms with van der Waals surface area (Å²) in [4.78, 5) is 4.71. The fourth-order valence-corrected chi connectivity index (χ4v) is 1.72. The van der Waals surface area contributed by atoms with Crippen molar-refractivity contribution in [2.24, 2.45) is 5.16 Å². The van der Waals surface area contributed by atoms with Crippen molar-refractivity contribution in [2.75, 3.05) is 33.5 Å². The fourth-order valence-electron chi connectivity index (χ4n) is 1.72. The lowest BCUT2D eigenvalue weighted by molar-refractivity contribution is -0.117. The maximum Gasteiger partial charge on any atom is 0.125 e. The SMILES string of the molecule is CCCOC[C@@H](O)[C@H](OCCC)[C@H](C=NOC)OCCC. The minimum absolute atomic E-state index is 0.217. The zero-order valence-corrected chi connectivity index (χ0v) is 13.8. The standard InChI is InChI=1S/C15H31NO5/c1-5-8-19-12-13(17)15(21-10-7-3)14(11-16-18-4)20-9-6-2/h11,13-15,17H,5-10,12H2,1-4H3/t13-,14+,15+/m1/s1. The lowest BCUT2D eigenvalue weighted by atomic mass is 10.1. The molecule has 0 radical (unpaired) electrons. The van der Waals surface area contributed by atoms with Gasteiger partial charge in [-0.1, -0.05) is 25.9 Å². The van der Waals surface area contributed by atoms with E-state index in [0.717, 1.165) is 19.3 Å². The highest BCUT2D eigenvalue weighted by atomic mass is 16.6. The summed E-state index contributed by atoms with van der Waals surface area (Å²) in [6.07, 6.45) is 2.42. The third-order valence-electron chi connectivity index (χ3n) is 2.68. The molecule has 0 aromatic heterocycles. The van der Waals surface area contributed by atoms with Crippen LogP contribution in [0.1, 0.15) is 40.0 Å². The van der Waals surface area contributed by atoms with Crippen LogP contribution in [0.2, 0.25) is 0 Å². The highest BCUT2D eigenvalue weighted by Gasteiger charge is 2.29. The molecule has 0 rings (SSSR count). The van der Waals surface area contributed by atoms with E-state index in [-0.39, 0.29) is 6.61 Å². The maximum absolute atomic E-state index is 10.3. The quantitative estimate of drug-likeness (QED) is 0.302. The summed E-state index contributed by atoms with van der Waals surface area (Å²) in [6, 6.07) is 0. The molecular weight excluding hydrogens is 274 g/mol. The second kappa shape index (κ2) is 14.3. The third-order valence-corrected chi connectivity index (χ3v) is 2.68. The zero-order valence-electron chi connectivity index (χ0n) is 13.8. The van der Waals surface area contributed by atoms with Crippen LogP contribution in [0.25, 0.3) is 0 Å². The fraction of sp³-hybridized carbons (Fsp3) is 0.933. The Labute approximate surface area is 128 Å². The summed E-state index contributed by atoms with van der Waals surface area (Å²) in [5, 5.41) is 14.0. The van der Waals surface area contributed by atoms with E-state index in [1.54, 1.807) is 0 Å². The van der Waals surface area contributed by atoms with E-state index in [2.05, 4.69) is 5.16 Å². The monoisotopic (exact) mass is 305 g/mol. The van der Waals surface area contributed by atoms with E-state index < -0.39 is 18.3 Å². The van der Waals surface area contributed by atoms with E-state index in [1.807, 2.05) is 20.8 Å². The lowest BCUT2D eigenvalue weighted by Gasteiger charge is -2.28. The van der Waals surface area contributed by atoms with Crippen molar-refractivity contribution >= 4 is 6.21 Å². The van der Waals surface area contributed by atoms with Crippen molar-refractivity contribution < 1.29 is 24.2 Å². The number of oxime groups is 1. The van der Waals surface area contributed by atoms with Crippen molar-refractivity contribution in [3.8, 4) is 0 Å². The normalized spacial score (nSPS) is 16.0. The summed E-state index contributed by atoms with van der Waals surface area (Å²) in [5.41, 5.74) is 0. The smallest absolute Gasteiger partial charge is 0.125 e. The molecule has 0 aliphatic carbocycles. The Kier molecular flexibility index (Phi) is 13.8. The first-order chi connectivity index (χ1) is 10.2. The van der Waals surface area contributed by atoms with Gasteiger partial charge in [0, 0.05) is 19.8 Å². The molecule has 0 unspecified atom stereocenters. The van der Waals surface area contributed by atoms with Crippen molar-refractivity contribution in [1.82, 2.24) is 0 Å². The predicted octanol–water partition coefficient (Wildman–Crippen LogP) is 2.00. The number of aliphatic hydroxyl groups is 1. The second-order valence-corrected chi connectivity index (χ2v) is 4.75. The van der Waals surface area contributed by atoms with E-state index in [4.69, 9.17) is 19.0 Å². The van der Waals surface area contributed by atoms with E-state index in [9.17, 15) is 5.11 Å².